The Morgan fingerprint density at radius 3 is 2.45 bits per heavy atom. The molecule has 2 N–H and O–H groups in total. The molecule has 2 aromatic heterocycles. The highest BCUT2D eigenvalue weighted by Gasteiger charge is 2.22. The number of halogens is 2. The van der Waals surface area contributed by atoms with Gasteiger partial charge in [-0.2, -0.15) is 5.10 Å². The van der Waals surface area contributed by atoms with Crippen LogP contribution in [0.5, 0.6) is 0 Å². The van der Waals surface area contributed by atoms with Crippen LogP contribution in [0.2, 0.25) is 10.0 Å². The minimum Gasteiger partial charge on any atom is -0.443 e. The molecule has 6 nitrogen and oxygen atoms in total. The van der Waals surface area contributed by atoms with Crippen molar-refractivity contribution < 1.29 is 9.53 Å². The van der Waals surface area contributed by atoms with E-state index in [9.17, 15) is 4.79 Å². The minimum atomic E-state index is -0.838. The van der Waals surface area contributed by atoms with Crippen molar-refractivity contribution in [1.82, 2.24) is 14.8 Å². The molecule has 0 aliphatic carbocycles. The highest BCUT2D eigenvalue weighted by atomic mass is 35.5. The highest BCUT2D eigenvalue weighted by molar-refractivity contribution is 7.99. The van der Waals surface area contributed by atoms with E-state index in [1.54, 1.807) is 18.5 Å². The quantitative estimate of drug-likeness (QED) is 0.513. The number of carbonyl (C=O) groups excluding carboxylic acids is 1. The summed E-state index contributed by atoms with van der Waals surface area (Å²) >= 11 is 13.9. The Kier molecular flexibility index (Phi) is 7.05. The largest absolute Gasteiger partial charge is 0.443 e. The number of amides is 1. The van der Waals surface area contributed by atoms with Gasteiger partial charge in [-0.3, -0.25) is 9.67 Å². The van der Waals surface area contributed by atoms with Gasteiger partial charge in [0.25, 0.3) is 0 Å². The summed E-state index contributed by atoms with van der Waals surface area (Å²) in [4.78, 5) is 16.1. The molecule has 0 aliphatic heterocycles. The molecule has 29 heavy (non-hydrogen) atoms. The van der Waals surface area contributed by atoms with Crippen molar-refractivity contribution in [2.24, 2.45) is 5.73 Å². The zero-order chi connectivity index (χ0) is 21.0. The number of ether oxygens (including phenoxy) is 1. The fourth-order valence-corrected chi connectivity index (χ4v) is 4.70. The van der Waals surface area contributed by atoms with Crippen LogP contribution in [-0.2, 0) is 17.8 Å². The van der Waals surface area contributed by atoms with Crippen LogP contribution in [0.3, 0.4) is 0 Å². The second-order valence-electron chi connectivity index (χ2n) is 6.62. The van der Waals surface area contributed by atoms with Crippen molar-refractivity contribution in [1.29, 1.82) is 0 Å². The molecule has 152 valence electrons. The summed E-state index contributed by atoms with van der Waals surface area (Å²) in [7, 11) is 0. The number of pyridine rings is 1. The summed E-state index contributed by atoms with van der Waals surface area (Å²) in [5, 5.41) is 6.75. The van der Waals surface area contributed by atoms with Gasteiger partial charge in [-0.1, -0.05) is 35.0 Å². The van der Waals surface area contributed by atoms with Gasteiger partial charge < -0.3 is 10.5 Å². The fourth-order valence-electron chi connectivity index (χ4n) is 2.79. The number of aromatic nitrogens is 3. The Hall–Kier alpha value is -2.22. The third-order valence-electron chi connectivity index (χ3n) is 4.06. The maximum Gasteiger partial charge on any atom is 0.404 e. The Bertz CT molecular complexity index is 989. The molecule has 0 bridgehead atoms. The third kappa shape index (κ3) is 5.65. The Labute approximate surface area is 183 Å². The lowest BCUT2D eigenvalue weighted by atomic mass is 10.1. The number of nitrogens with two attached hydrogens (primary N) is 1. The summed E-state index contributed by atoms with van der Waals surface area (Å²) < 4.78 is 6.95. The lowest BCUT2D eigenvalue weighted by molar-refractivity contribution is 0.148. The van der Waals surface area contributed by atoms with Crippen molar-refractivity contribution in [2.75, 3.05) is 0 Å². The molecule has 3 rings (SSSR count). The van der Waals surface area contributed by atoms with E-state index in [-0.39, 0.29) is 12.6 Å². The smallest absolute Gasteiger partial charge is 0.404 e. The van der Waals surface area contributed by atoms with E-state index >= 15 is 0 Å². The predicted molar refractivity (Wildman–Crippen MR) is 115 cm³/mol. The predicted octanol–water partition coefficient (Wildman–Crippen LogP) is 5.50. The van der Waals surface area contributed by atoms with Gasteiger partial charge in [-0.15, -0.1) is 0 Å². The van der Waals surface area contributed by atoms with Gasteiger partial charge in [0.15, 0.2) is 0 Å². The number of rotatable bonds is 7. The van der Waals surface area contributed by atoms with Crippen molar-refractivity contribution in [3.63, 3.8) is 0 Å². The van der Waals surface area contributed by atoms with Crippen LogP contribution in [0.1, 0.15) is 36.7 Å². The maximum absolute atomic E-state index is 11.2. The molecule has 0 unspecified atom stereocenters. The average molecular weight is 451 g/mol. The topological polar surface area (TPSA) is 83.0 Å². The first-order valence-corrected chi connectivity index (χ1v) is 10.5. The van der Waals surface area contributed by atoms with E-state index in [1.807, 2.05) is 42.8 Å². The normalized spacial score (nSPS) is 11.1. The highest BCUT2D eigenvalue weighted by Crippen LogP contribution is 2.37. The summed E-state index contributed by atoms with van der Waals surface area (Å²) in [6, 6.07) is 9.37. The lowest BCUT2D eigenvalue weighted by Crippen LogP contribution is -2.13. The standard InChI is InChI=1S/C20H20Cl2N4O2S/c1-12(2)26-19(29-16-9-14(21)8-15(22)10-16)17(7-13-3-5-24-6-4-13)18(25-26)11-28-20(23)27/h3-6,8-10,12H,7,11H2,1-2H3,(H2,23,27). The third-order valence-corrected chi connectivity index (χ3v) is 5.60. The Morgan fingerprint density at radius 1 is 1.21 bits per heavy atom. The molecule has 3 aromatic rings. The van der Waals surface area contributed by atoms with Crippen LogP contribution in [-0.4, -0.2) is 20.9 Å². The molecule has 0 saturated heterocycles. The van der Waals surface area contributed by atoms with Crippen LogP contribution in [0.25, 0.3) is 0 Å². The molecule has 2 heterocycles. The van der Waals surface area contributed by atoms with Crippen LogP contribution < -0.4 is 5.73 Å². The summed E-state index contributed by atoms with van der Waals surface area (Å²) in [6.07, 6.45) is 3.25. The van der Waals surface area contributed by atoms with Gasteiger partial charge in [0.05, 0.1) is 0 Å². The van der Waals surface area contributed by atoms with Crippen LogP contribution in [0.15, 0.2) is 52.6 Å². The molecule has 0 radical (unpaired) electrons. The molecular weight excluding hydrogens is 431 g/mol. The van der Waals surface area contributed by atoms with E-state index < -0.39 is 6.09 Å². The molecule has 9 heteroatoms. The van der Waals surface area contributed by atoms with Crippen molar-refractivity contribution in [3.8, 4) is 0 Å². The van der Waals surface area contributed by atoms with Crippen LogP contribution >= 0.6 is 35.0 Å². The monoisotopic (exact) mass is 450 g/mol. The lowest BCUT2D eigenvalue weighted by Gasteiger charge is -2.13. The van der Waals surface area contributed by atoms with E-state index in [4.69, 9.17) is 38.8 Å². The number of carbonyl (C=O) groups is 1. The number of primary amides is 1. The summed E-state index contributed by atoms with van der Waals surface area (Å²) in [5.74, 6) is 0. The van der Waals surface area contributed by atoms with Crippen molar-refractivity contribution in [3.05, 3.63) is 69.6 Å². The average Bonchev–Trinajstić information content (AvgIpc) is 2.97. The van der Waals surface area contributed by atoms with Gasteiger partial charge in [-0.25, -0.2) is 4.79 Å². The number of hydrogen-bond acceptors (Lipinski definition) is 5. The molecule has 0 spiro atoms. The van der Waals surface area contributed by atoms with Crippen LogP contribution in [0, 0.1) is 0 Å². The first-order valence-electron chi connectivity index (χ1n) is 8.89. The fraction of sp³-hybridized carbons (Fsp3) is 0.250. The van der Waals surface area contributed by atoms with E-state index in [2.05, 4.69) is 4.98 Å². The SMILES string of the molecule is CC(C)n1nc(COC(N)=O)c(Cc2ccncc2)c1Sc1cc(Cl)cc(Cl)c1. The summed E-state index contributed by atoms with van der Waals surface area (Å²) in [5.41, 5.74) is 7.84. The van der Waals surface area contributed by atoms with Gasteiger partial charge in [0.2, 0.25) is 0 Å². The first-order chi connectivity index (χ1) is 13.8. The van der Waals surface area contributed by atoms with E-state index in [0.29, 0.717) is 22.2 Å². The van der Waals surface area contributed by atoms with Gasteiger partial charge in [0, 0.05) is 45.4 Å². The molecular formula is C20H20Cl2N4O2S. The molecule has 0 atom stereocenters. The number of nitrogens with zero attached hydrogens (tertiary/aromatic N) is 3. The van der Waals surface area contributed by atoms with E-state index in [0.717, 1.165) is 21.0 Å². The molecule has 0 saturated carbocycles. The second-order valence-corrected chi connectivity index (χ2v) is 8.55. The molecule has 1 aromatic carbocycles. The second kappa shape index (κ2) is 9.52. The first kappa shape index (κ1) is 21.5. The summed E-state index contributed by atoms with van der Waals surface area (Å²) in [6.45, 7) is 4.08. The molecule has 0 aliphatic rings. The van der Waals surface area contributed by atoms with Crippen molar-refractivity contribution in [2.45, 2.75) is 42.8 Å². The van der Waals surface area contributed by atoms with Gasteiger partial charge in [0.1, 0.15) is 17.3 Å². The van der Waals surface area contributed by atoms with Crippen LogP contribution in [0.4, 0.5) is 4.79 Å². The Morgan fingerprint density at radius 2 is 1.86 bits per heavy atom. The van der Waals surface area contributed by atoms with E-state index in [1.165, 1.54) is 11.8 Å². The van der Waals surface area contributed by atoms with Gasteiger partial charge >= 0.3 is 6.09 Å². The Balaban J connectivity index is 2.08. The zero-order valence-corrected chi connectivity index (χ0v) is 18.3. The molecule has 0 fully saturated rings. The minimum absolute atomic E-state index is 0.000662. The number of benzene rings is 1. The molecule has 1 amide bonds. The van der Waals surface area contributed by atoms with Crippen molar-refractivity contribution >= 4 is 41.1 Å². The van der Waals surface area contributed by atoms with Gasteiger partial charge in [-0.05, 0) is 49.7 Å². The maximum atomic E-state index is 11.2. The number of hydrogen-bond donors (Lipinski definition) is 1. The zero-order valence-electron chi connectivity index (χ0n) is 15.9.